The van der Waals surface area contributed by atoms with Crippen LogP contribution in [0, 0.1) is 5.41 Å². The highest BCUT2D eigenvalue weighted by Gasteiger charge is 2.33. The van der Waals surface area contributed by atoms with Crippen LogP contribution >= 0.6 is 12.6 Å². The lowest BCUT2D eigenvalue weighted by atomic mass is 9.75. The smallest absolute Gasteiger partial charge is 0.0615 e. The summed E-state index contributed by atoms with van der Waals surface area (Å²) in [6, 6.07) is 0.517. The van der Waals surface area contributed by atoms with Crippen LogP contribution in [0.3, 0.4) is 0 Å². The predicted octanol–water partition coefficient (Wildman–Crippen LogP) is 3.22. The third-order valence-electron chi connectivity index (χ3n) is 4.23. The van der Waals surface area contributed by atoms with Crippen molar-refractivity contribution in [2.75, 3.05) is 32.6 Å². The largest absolute Gasteiger partial charge is 0.383 e. The summed E-state index contributed by atoms with van der Waals surface area (Å²) in [7, 11) is 1.79. The average molecular weight is 259 g/mol. The number of hydrogen-bond donors (Lipinski definition) is 1. The molecule has 3 heteroatoms. The van der Waals surface area contributed by atoms with Crippen molar-refractivity contribution < 1.29 is 4.74 Å². The average Bonchev–Trinajstić information content (AvgIpc) is 2.37. The second kappa shape index (κ2) is 7.65. The number of hydrogen-bond acceptors (Lipinski definition) is 3. The van der Waals surface area contributed by atoms with Gasteiger partial charge in [-0.3, -0.25) is 4.90 Å². The Morgan fingerprint density at radius 2 is 1.94 bits per heavy atom. The standard InChI is InChI=1S/C14H29NOS/c1-4-15(13(2)10-16-3)11-14(12-17)8-6-5-7-9-14/h13,17H,4-12H2,1-3H3. The lowest BCUT2D eigenvalue weighted by Crippen LogP contribution is -2.45. The summed E-state index contributed by atoms with van der Waals surface area (Å²) in [5.74, 6) is 1.03. The van der Waals surface area contributed by atoms with Crippen LogP contribution in [0.15, 0.2) is 0 Å². The Labute approximate surface area is 113 Å². The molecule has 1 saturated carbocycles. The third-order valence-corrected chi connectivity index (χ3v) is 4.90. The summed E-state index contributed by atoms with van der Waals surface area (Å²) >= 11 is 4.63. The van der Waals surface area contributed by atoms with Gasteiger partial charge in [-0.1, -0.05) is 26.2 Å². The van der Waals surface area contributed by atoms with Crippen LogP contribution in [0.4, 0.5) is 0 Å². The highest BCUT2D eigenvalue weighted by atomic mass is 32.1. The second-order valence-corrected chi connectivity index (χ2v) is 5.90. The first kappa shape index (κ1) is 15.3. The molecule has 0 spiro atoms. The van der Waals surface area contributed by atoms with Crippen molar-refractivity contribution in [3.05, 3.63) is 0 Å². The summed E-state index contributed by atoms with van der Waals surface area (Å²) < 4.78 is 5.28. The van der Waals surface area contributed by atoms with E-state index in [1.165, 1.54) is 38.6 Å². The van der Waals surface area contributed by atoms with E-state index in [0.717, 1.165) is 18.9 Å². The maximum absolute atomic E-state index is 5.28. The van der Waals surface area contributed by atoms with E-state index < -0.39 is 0 Å². The van der Waals surface area contributed by atoms with Crippen molar-refractivity contribution in [2.45, 2.75) is 52.0 Å². The van der Waals surface area contributed by atoms with Crippen molar-refractivity contribution in [3.63, 3.8) is 0 Å². The van der Waals surface area contributed by atoms with Crippen molar-refractivity contribution in [3.8, 4) is 0 Å². The first-order chi connectivity index (χ1) is 8.17. The molecule has 0 heterocycles. The minimum atomic E-state index is 0.458. The number of ether oxygens (including phenoxy) is 1. The predicted molar refractivity (Wildman–Crippen MR) is 78.0 cm³/mol. The van der Waals surface area contributed by atoms with Crippen molar-refractivity contribution in [2.24, 2.45) is 5.41 Å². The fraction of sp³-hybridized carbons (Fsp3) is 1.00. The van der Waals surface area contributed by atoms with E-state index in [1.807, 2.05) is 0 Å². The van der Waals surface area contributed by atoms with Gasteiger partial charge in [0.05, 0.1) is 6.61 Å². The lowest BCUT2D eigenvalue weighted by molar-refractivity contribution is 0.0589. The summed E-state index contributed by atoms with van der Waals surface area (Å²) in [5.41, 5.74) is 0.458. The van der Waals surface area contributed by atoms with E-state index in [1.54, 1.807) is 7.11 Å². The van der Waals surface area contributed by atoms with E-state index in [9.17, 15) is 0 Å². The molecule has 1 fully saturated rings. The van der Waals surface area contributed by atoms with Gasteiger partial charge in [-0.25, -0.2) is 0 Å². The minimum Gasteiger partial charge on any atom is -0.383 e. The molecular formula is C14H29NOS. The van der Waals surface area contributed by atoms with E-state index in [2.05, 4.69) is 31.4 Å². The van der Waals surface area contributed by atoms with Crippen LogP contribution in [-0.2, 0) is 4.74 Å². The Morgan fingerprint density at radius 1 is 1.29 bits per heavy atom. The van der Waals surface area contributed by atoms with Gasteiger partial charge in [-0.15, -0.1) is 0 Å². The van der Waals surface area contributed by atoms with E-state index in [4.69, 9.17) is 4.74 Å². The quantitative estimate of drug-likeness (QED) is 0.705. The second-order valence-electron chi connectivity index (χ2n) is 5.59. The molecule has 17 heavy (non-hydrogen) atoms. The van der Waals surface area contributed by atoms with Gasteiger partial charge in [0.15, 0.2) is 0 Å². The summed E-state index contributed by atoms with van der Waals surface area (Å²) in [4.78, 5) is 2.56. The normalized spacial score (nSPS) is 21.7. The number of thiol groups is 1. The van der Waals surface area contributed by atoms with Crippen molar-refractivity contribution in [1.29, 1.82) is 0 Å². The zero-order chi connectivity index (χ0) is 12.7. The molecule has 1 atom stereocenters. The first-order valence-corrected chi connectivity index (χ1v) is 7.64. The van der Waals surface area contributed by atoms with Crippen molar-refractivity contribution >= 4 is 12.6 Å². The molecule has 0 amide bonds. The number of rotatable bonds is 7. The maximum Gasteiger partial charge on any atom is 0.0615 e. The maximum atomic E-state index is 5.28. The van der Waals surface area contributed by atoms with Gasteiger partial charge >= 0.3 is 0 Å². The third kappa shape index (κ3) is 4.46. The van der Waals surface area contributed by atoms with Gasteiger partial charge in [0.2, 0.25) is 0 Å². The zero-order valence-electron chi connectivity index (χ0n) is 11.7. The van der Waals surface area contributed by atoms with E-state index >= 15 is 0 Å². The Bertz CT molecular complexity index is 204. The Balaban J connectivity index is 2.57. The number of nitrogens with zero attached hydrogens (tertiary/aromatic N) is 1. The SMILES string of the molecule is CCN(CC1(CS)CCCCC1)C(C)COC. The summed E-state index contributed by atoms with van der Waals surface area (Å²) in [6.07, 6.45) is 6.89. The van der Waals surface area contributed by atoms with E-state index in [-0.39, 0.29) is 0 Å². The van der Waals surface area contributed by atoms with Crippen LogP contribution in [-0.4, -0.2) is 43.5 Å². The number of methoxy groups -OCH3 is 1. The van der Waals surface area contributed by atoms with Crippen LogP contribution in [0.1, 0.15) is 46.0 Å². The molecule has 102 valence electrons. The van der Waals surface area contributed by atoms with Gasteiger partial charge in [-0.05, 0) is 37.5 Å². The van der Waals surface area contributed by atoms with E-state index in [0.29, 0.717) is 11.5 Å². The Morgan fingerprint density at radius 3 is 2.41 bits per heavy atom. The van der Waals surface area contributed by atoms with Gasteiger partial charge in [0.25, 0.3) is 0 Å². The molecule has 0 N–H and O–H groups in total. The van der Waals surface area contributed by atoms with Gasteiger partial charge in [-0.2, -0.15) is 12.6 Å². The fourth-order valence-electron chi connectivity index (χ4n) is 3.02. The van der Waals surface area contributed by atoms with Crippen LogP contribution in [0.2, 0.25) is 0 Å². The highest BCUT2D eigenvalue weighted by molar-refractivity contribution is 7.80. The minimum absolute atomic E-state index is 0.458. The molecule has 1 aliphatic rings. The first-order valence-electron chi connectivity index (χ1n) is 7.01. The molecule has 1 unspecified atom stereocenters. The van der Waals surface area contributed by atoms with Gasteiger partial charge < -0.3 is 4.74 Å². The highest BCUT2D eigenvalue weighted by Crippen LogP contribution is 2.38. The molecule has 1 rings (SSSR count). The molecular weight excluding hydrogens is 230 g/mol. The molecule has 0 aliphatic heterocycles. The number of likely N-dealkylation sites (N-methyl/N-ethyl adjacent to an activating group) is 1. The monoisotopic (exact) mass is 259 g/mol. The zero-order valence-corrected chi connectivity index (χ0v) is 12.6. The molecule has 0 aromatic carbocycles. The molecule has 0 bridgehead atoms. The Kier molecular flexibility index (Phi) is 6.90. The molecule has 1 aliphatic carbocycles. The summed E-state index contributed by atoms with van der Waals surface area (Å²) in [6.45, 7) is 7.65. The lowest BCUT2D eigenvalue weighted by Gasteiger charge is -2.42. The molecule has 0 radical (unpaired) electrons. The molecule has 0 aromatic heterocycles. The molecule has 2 nitrogen and oxygen atoms in total. The van der Waals surface area contributed by atoms with Crippen LogP contribution in [0.5, 0.6) is 0 Å². The Hall–Kier alpha value is 0.270. The van der Waals surface area contributed by atoms with Gasteiger partial charge in [0.1, 0.15) is 0 Å². The fourth-order valence-corrected chi connectivity index (χ4v) is 3.44. The van der Waals surface area contributed by atoms with Crippen molar-refractivity contribution in [1.82, 2.24) is 4.90 Å². The molecule has 0 saturated heterocycles. The van der Waals surface area contributed by atoms with Crippen LogP contribution < -0.4 is 0 Å². The van der Waals surface area contributed by atoms with Gasteiger partial charge in [0, 0.05) is 19.7 Å². The summed E-state index contributed by atoms with van der Waals surface area (Å²) in [5, 5.41) is 0. The topological polar surface area (TPSA) is 12.5 Å². The molecule has 0 aromatic rings. The van der Waals surface area contributed by atoms with Crippen LogP contribution in [0.25, 0.3) is 0 Å².